The summed E-state index contributed by atoms with van der Waals surface area (Å²) < 4.78 is 6.96. The Morgan fingerprint density at radius 1 is 1.39 bits per heavy atom. The molecule has 2 N–H and O–H groups in total. The molecule has 6 heteroatoms. The second-order valence-electron chi connectivity index (χ2n) is 3.96. The number of nitrogens with zero attached hydrogens (tertiary/aromatic N) is 4. The summed E-state index contributed by atoms with van der Waals surface area (Å²) in [7, 11) is 1.60. The van der Waals surface area contributed by atoms with E-state index in [1.807, 2.05) is 10.8 Å². The maximum atomic E-state index is 5.78. The molecule has 0 radical (unpaired) electrons. The van der Waals surface area contributed by atoms with Crippen LogP contribution >= 0.6 is 0 Å². The van der Waals surface area contributed by atoms with E-state index in [1.165, 1.54) is 0 Å². The predicted molar refractivity (Wildman–Crippen MR) is 68.3 cm³/mol. The summed E-state index contributed by atoms with van der Waals surface area (Å²) in [5.74, 6) is 2.71. The Morgan fingerprint density at radius 3 is 2.94 bits per heavy atom. The van der Waals surface area contributed by atoms with E-state index in [0.717, 1.165) is 24.5 Å². The number of hydrogen-bond donors (Lipinski definition) is 1. The van der Waals surface area contributed by atoms with Crippen molar-refractivity contribution in [1.82, 2.24) is 19.5 Å². The lowest BCUT2D eigenvalue weighted by molar-refractivity contribution is 0.178. The molecule has 2 heterocycles. The zero-order valence-corrected chi connectivity index (χ0v) is 10.6. The summed E-state index contributed by atoms with van der Waals surface area (Å²) in [5.41, 5.74) is 5.78. The SMILES string of the molecule is CCCc1nccn1-c1cc(N)nc(COC)n1. The molecule has 0 amide bonds. The van der Waals surface area contributed by atoms with Crippen molar-refractivity contribution in [2.45, 2.75) is 26.4 Å². The maximum Gasteiger partial charge on any atom is 0.158 e. The molecule has 0 aliphatic rings. The van der Waals surface area contributed by atoms with Gasteiger partial charge in [-0.3, -0.25) is 4.57 Å². The van der Waals surface area contributed by atoms with Crippen LogP contribution < -0.4 is 5.73 Å². The van der Waals surface area contributed by atoms with Crippen molar-refractivity contribution in [2.75, 3.05) is 12.8 Å². The first kappa shape index (κ1) is 12.5. The van der Waals surface area contributed by atoms with E-state index in [1.54, 1.807) is 19.4 Å². The van der Waals surface area contributed by atoms with Gasteiger partial charge in [0.1, 0.15) is 24.1 Å². The third-order valence-corrected chi connectivity index (χ3v) is 2.49. The lowest BCUT2D eigenvalue weighted by Gasteiger charge is -2.08. The quantitative estimate of drug-likeness (QED) is 0.862. The Morgan fingerprint density at radius 2 is 2.22 bits per heavy atom. The van der Waals surface area contributed by atoms with Crippen LogP contribution in [0.25, 0.3) is 5.82 Å². The minimum absolute atomic E-state index is 0.343. The lowest BCUT2D eigenvalue weighted by atomic mass is 10.3. The van der Waals surface area contributed by atoms with Crippen LogP contribution in [0.5, 0.6) is 0 Å². The van der Waals surface area contributed by atoms with Gasteiger partial charge in [0, 0.05) is 32.0 Å². The molecular formula is C12H17N5O. The molecule has 0 aliphatic carbocycles. The van der Waals surface area contributed by atoms with Gasteiger partial charge in [-0.05, 0) is 6.42 Å². The van der Waals surface area contributed by atoms with E-state index in [-0.39, 0.29) is 0 Å². The van der Waals surface area contributed by atoms with Crippen molar-refractivity contribution in [3.05, 3.63) is 30.1 Å². The number of nitrogen functional groups attached to an aromatic ring is 1. The molecule has 0 spiro atoms. The van der Waals surface area contributed by atoms with Gasteiger partial charge in [-0.15, -0.1) is 0 Å². The Hall–Kier alpha value is -1.95. The van der Waals surface area contributed by atoms with Gasteiger partial charge >= 0.3 is 0 Å². The smallest absolute Gasteiger partial charge is 0.158 e. The Balaban J connectivity index is 2.39. The summed E-state index contributed by atoms with van der Waals surface area (Å²) in [6.45, 7) is 2.46. The maximum absolute atomic E-state index is 5.78. The van der Waals surface area contributed by atoms with Crippen molar-refractivity contribution < 1.29 is 4.74 Å². The minimum atomic E-state index is 0.343. The van der Waals surface area contributed by atoms with Crippen LogP contribution in [0.3, 0.4) is 0 Å². The van der Waals surface area contributed by atoms with E-state index in [2.05, 4.69) is 21.9 Å². The van der Waals surface area contributed by atoms with Crippen LogP contribution in [0.2, 0.25) is 0 Å². The number of aromatic nitrogens is 4. The number of nitrogens with two attached hydrogens (primary N) is 1. The zero-order valence-electron chi connectivity index (χ0n) is 10.6. The molecule has 2 rings (SSSR count). The molecule has 0 saturated carbocycles. The highest BCUT2D eigenvalue weighted by atomic mass is 16.5. The Bertz CT molecular complexity index is 523. The van der Waals surface area contributed by atoms with Gasteiger partial charge in [-0.2, -0.15) is 0 Å². The average Bonchev–Trinajstić information content (AvgIpc) is 2.77. The summed E-state index contributed by atoms with van der Waals surface area (Å²) in [6.07, 6.45) is 5.57. The lowest BCUT2D eigenvalue weighted by Crippen LogP contribution is -2.08. The van der Waals surface area contributed by atoms with Gasteiger partial charge in [0.2, 0.25) is 0 Å². The Kier molecular flexibility index (Phi) is 3.88. The van der Waals surface area contributed by atoms with Crippen LogP contribution in [0.4, 0.5) is 5.82 Å². The van der Waals surface area contributed by atoms with Gasteiger partial charge < -0.3 is 10.5 Å². The summed E-state index contributed by atoms with van der Waals surface area (Å²) in [5, 5.41) is 0. The van der Waals surface area contributed by atoms with Crippen LogP contribution in [-0.4, -0.2) is 26.6 Å². The number of rotatable bonds is 5. The molecule has 96 valence electrons. The van der Waals surface area contributed by atoms with E-state index in [4.69, 9.17) is 10.5 Å². The first-order valence-electron chi connectivity index (χ1n) is 5.89. The number of anilines is 1. The average molecular weight is 247 g/mol. The van der Waals surface area contributed by atoms with E-state index in [0.29, 0.717) is 18.2 Å². The third-order valence-electron chi connectivity index (χ3n) is 2.49. The van der Waals surface area contributed by atoms with Gasteiger partial charge in [0.05, 0.1) is 0 Å². The molecular weight excluding hydrogens is 230 g/mol. The van der Waals surface area contributed by atoms with E-state index in [9.17, 15) is 0 Å². The van der Waals surface area contributed by atoms with Crippen LogP contribution in [-0.2, 0) is 17.8 Å². The highest BCUT2D eigenvalue weighted by molar-refractivity contribution is 5.38. The highest BCUT2D eigenvalue weighted by Gasteiger charge is 2.08. The second-order valence-corrected chi connectivity index (χ2v) is 3.96. The molecule has 0 fully saturated rings. The van der Waals surface area contributed by atoms with E-state index < -0.39 is 0 Å². The molecule has 0 saturated heterocycles. The fourth-order valence-corrected chi connectivity index (χ4v) is 1.77. The molecule has 2 aromatic heterocycles. The fourth-order valence-electron chi connectivity index (χ4n) is 1.77. The number of ether oxygens (including phenoxy) is 1. The minimum Gasteiger partial charge on any atom is -0.384 e. The van der Waals surface area contributed by atoms with Crippen molar-refractivity contribution in [3.63, 3.8) is 0 Å². The predicted octanol–water partition coefficient (Wildman–Crippen LogP) is 1.34. The molecule has 18 heavy (non-hydrogen) atoms. The summed E-state index contributed by atoms with van der Waals surface area (Å²) in [6, 6.07) is 1.74. The molecule has 6 nitrogen and oxygen atoms in total. The second kappa shape index (κ2) is 5.59. The van der Waals surface area contributed by atoms with Crippen molar-refractivity contribution in [2.24, 2.45) is 0 Å². The van der Waals surface area contributed by atoms with Gasteiger partial charge in [-0.25, -0.2) is 15.0 Å². The largest absolute Gasteiger partial charge is 0.384 e. The first-order chi connectivity index (χ1) is 8.74. The summed E-state index contributed by atoms with van der Waals surface area (Å²) in [4.78, 5) is 12.9. The summed E-state index contributed by atoms with van der Waals surface area (Å²) >= 11 is 0. The molecule has 0 bridgehead atoms. The first-order valence-corrected chi connectivity index (χ1v) is 5.89. The normalized spacial score (nSPS) is 10.8. The molecule has 0 aromatic carbocycles. The number of hydrogen-bond acceptors (Lipinski definition) is 5. The highest BCUT2D eigenvalue weighted by Crippen LogP contribution is 2.12. The van der Waals surface area contributed by atoms with Gasteiger partial charge in [-0.1, -0.05) is 6.92 Å². The van der Waals surface area contributed by atoms with Gasteiger partial charge in [0.15, 0.2) is 5.82 Å². The zero-order chi connectivity index (χ0) is 13.0. The van der Waals surface area contributed by atoms with Crippen LogP contribution in [0, 0.1) is 0 Å². The number of methoxy groups -OCH3 is 1. The van der Waals surface area contributed by atoms with Crippen LogP contribution in [0.15, 0.2) is 18.5 Å². The van der Waals surface area contributed by atoms with Gasteiger partial charge in [0.25, 0.3) is 0 Å². The van der Waals surface area contributed by atoms with Crippen molar-refractivity contribution in [1.29, 1.82) is 0 Å². The topological polar surface area (TPSA) is 78.9 Å². The third kappa shape index (κ3) is 2.65. The van der Waals surface area contributed by atoms with E-state index >= 15 is 0 Å². The molecule has 0 unspecified atom stereocenters. The monoisotopic (exact) mass is 247 g/mol. The number of imidazole rings is 1. The van der Waals surface area contributed by atoms with Crippen molar-refractivity contribution in [3.8, 4) is 5.82 Å². The molecule has 2 aromatic rings. The number of aryl methyl sites for hydroxylation is 1. The molecule has 0 atom stereocenters. The standard InChI is InChI=1S/C12H17N5O/c1-3-4-11-14-5-6-17(11)12-7-9(13)15-10(16-12)8-18-2/h5-7H,3-4,8H2,1-2H3,(H2,13,15,16). The fraction of sp³-hybridized carbons (Fsp3) is 0.417. The van der Waals surface area contributed by atoms with Crippen LogP contribution in [0.1, 0.15) is 25.0 Å². The molecule has 0 aliphatic heterocycles. The Labute approximate surface area is 106 Å². The van der Waals surface area contributed by atoms with Crippen molar-refractivity contribution >= 4 is 5.82 Å².